The van der Waals surface area contributed by atoms with Gasteiger partial charge in [-0.05, 0) is 125 Å². The first-order chi connectivity index (χ1) is 28.7. The number of hydrogen-bond acceptors (Lipinski definition) is 3. The fourth-order valence-electron chi connectivity index (χ4n) is 9.26. The van der Waals surface area contributed by atoms with Crippen LogP contribution in [0.15, 0.2) is 188 Å². The number of benzene rings is 7. The predicted octanol–water partition coefficient (Wildman–Crippen LogP) is 14.9. The van der Waals surface area contributed by atoms with E-state index in [1.165, 1.54) is 91.3 Å². The molecule has 278 valence electrons. The third-order valence-corrected chi connectivity index (χ3v) is 13.3. The van der Waals surface area contributed by atoms with Gasteiger partial charge >= 0.3 is 0 Å². The third kappa shape index (κ3) is 6.40. The van der Waals surface area contributed by atoms with Gasteiger partial charge in [-0.2, -0.15) is 0 Å². The standard InChI is InChI=1S/C54H41N3S/c1-3-11-36(12-4-1)38-18-22-40(23-19-38)42-27-29-50-53(35-42)58-54(56-50)43-26-28-48-47-15-7-8-17-51(47)57(52(48)34-43)46-32-44(31-45(33-46)49-16-9-10-30-55-49)41-24-20-39(21-25-41)37-13-5-2-6-14-37/h1-19,22-23,26-35,39,41H,20-21,24-25H2. The molecule has 0 saturated heterocycles. The summed E-state index contributed by atoms with van der Waals surface area (Å²) in [5.74, 6) is 1.13. The lowest BCUT2D eigenvalue weighted by atomic mass is 9.76. The molecule has 1 saturated carbocycles. The maximum atomic E-state index is 5.19. The van der Waals surface area contributed by atoms with Crippen molar-refractivity contribution >= 4 is 43.4 Å². The summed E-state index contributed by atoms with van der Waals surface area (Å²) < 4.78 is 3.67. The summed E-state index contributed by atoms with van der Waals surface area (Å²) in [5, 5.41) is 3.53. The van der Waals surface area contributed by atoms with E-state index in [0.29, 0.717) is 11.8 Å². The normalized spacial score (nSPS) is 15.7. The minimum absolute atomic E-state index is 0.500. The number of rotatable bonds is 7. The first-order valence-corrected chi connectivity index (χ1v) is 21.3. The molecule has 0 unspecified atom stereocenters. The van der Waals surface area contributed by atoms with Crippen LogP contribution in [0.5, 0.6) is 0 Å². The Bertz CT molecular complexity index is 3050. The van der Waals surface area contributed by atoms with E-state index in [4.69, 9.17) is 9.97 Å². The van der Waals surface area contributed by atoms with E-state index < -0.39 is 0 Å². The fourth-order valence-corrected chi connectivity index (χ4v) is 10.3. The first-order valence-electron chi connectivity index (χ1n) is 20.4. The van der Waals surface area contributed by atoms with Crippen LogP contribution in [0, 0.1) is 0 Å². The van der Waals surface area contributed by atoms with Gasteiger partial charge in [0, 0.05) is 33.8 Å². The average molecular weight is 764 g/mol. The molecule has 0 radical (unpaired) electrons. The number of nitrogens with zero attached hydrogens (tertiary/aromatic N) is 3. The first kappa shape index (κ1) is 34.6. The van der Waals surface area contributed by atoms with E-state index in [1.54, 1.807) is 11.3 Å². The molecule has 3 heterocycles. The molecule has 11 rings (SSSR count). The Morgan fingerprint density at radius 2 is 1.09 bits per heavy atom. The van der Waals surface area contributed by atoms with Crippen molar-refractivity contribution in [1.82, 2.24) is 14.5 Å². The highest BCUT2D eigenvalue weighted by molar-refractivity contribution is 7.21. The fraction of sp³-hybridized carbons (Fsp3) is 0.111. The summed E-state index contributed by atoms with van der Waals surface area (Å²) in [6.45, 7) is 0. The number of aromatic nitrogens is 3. The molecule has 0 bridgehead atoms. The van der Waals surface area contributed by atoms with Crippen LogP contribution in [0.2, 0.25) is 0 Å². The highest BCUT2D eigenvalue weighted by Gasteiger charge is 2.25. The van der Waals surface area contributed by atoms with Gasteiger partial charge in [-0.25, -0.2) is 4.98 Å². The van der Waals surface area contributed by atoms with Crippen molar-refractivity contribution in [3.8, 4) is 49.8 Å². The number of para-hydroxylation sites is 1. The van der Waals surface area contributed by atoms with E-state index in [9.17, 15) is 0 Å². The molecule has 7 aromatic carbocycles. The number of thiazole rings is 1. The molecular weight excluding hydrogens is 723 g/mol. The minimum atomic E-state index is 0.500. The van der Waals surface area contributed by atoms with Gasteiger partial charge in [0.25, 0.3) is 0 Å². The van der Waals surface area contributed by atoms with Gasteiger partial charge in [0.05, 0.1) is 26.9 Å². The largest absolute Gasteiger partial charge is 0.309 e. The van der Waals surface area contributed by atoms with Gasteiger partial charge in [-0.3, -0.25) is 4.98 Å². The van der Waals surface area contributed by atoms with Crippen LogP contribution >= 0.6 is 11.3 Å². The molecule has 3 nitrogen and oxygen atoms in total. The van der Waals surface area contributed by atoms with Gasteiger partial charge < -0.3 is 4.57 Å². The van der Waals surface area contributed by atoms with Crippen LogP contribution in [-0.4, -0.2) is 14.5 Å². The Morgan fingerprint density at radius 3 is 1.86 bits per heavy atom. The summed E-state index contributed by atoms with van der Waals surface area (Å²) in [4.78, 5) is 10.0. The average Bonchev–Trinajstić information content (AvgIpc) is 3.89. The Morgan fingerprint density at radius 1 is 0.448 bits per heavy atom. The Labute approximate surface area is 343 Å². The Balaban J connectivity index is 0.984. The van der Waals surface area contributed by atoms with Crippen LogP contribution < -0.4 is 0 Å². The second kappa shape index (κ2) is 14.7. The van der Waals surface area contributed by atoms with Crippen molar-refractivity contribution in [3.05, 3.63) is 199 Å². The van der Waals surface area contributed by atoms with E-state index in [-0.39, 0.29) is 0 Å². The molecule has 1 fully saturated rings. The summed E-state index contributed by atoms with van der Waals surface area (Å²) in [5.41, 5.74) is 15.7. The summed E-state index contributed by atoms with van der Waals surface area (Å²) in [6.07, 6.45) is 6.68. The van der Waals surface area contributed by atoms with Gasteiger partial charge in [-0.1, -0.05) is 127 Å². The van der Waals surface area contributed by atoms with Gasteiger partial charge in [0.1, 0.15) is 5.01 Å². The molecule has 0 atom stereocenters. The van der Waals surface area contributed by atoms with Crippen LogP contribution in [0.1, 0.15) is 48.6 Å². The molecule has 1 aliphatic carbocycles. The lowest BCUT2D eigenvalue weighted by Crippen LogP contribution is -2.12. The molecule has 0 aliphatic heterocycles. The van der Waals surface area contributed by atoms with Crippen molar-refractivity contribution in [2.75, 3.05) is 0 Å². The molecule has 10 aromatic rings. The van der Waals surface area contributed by atoms with Crippen LogP contribution in [0.3, 0.4) is 0 Å². The lowest BCUT2D eigenvalue weighted by Gasteiger charge is -2.30. The topological polar surface area (TPSA) is 30.7 Å². The smallest absolute Gasteiger partial charge is 0.124 e. The zero-order valence-corrected chi connectivity index (χ0v) is 32.9. The number of hydrogen-bond donors (Lipinski definition) is 0. The molecule has 0 amide bonds. The van der Waals surface area contributed by atoms with Crippen molar-refractivity contribution in [2.24, 2.45) is 0 Å². The molecule has 1 aliphatic rings. The monoisotopic (exact) mass is 763 g/mol. The summed E-state index contributed by atoms with van der Waals surface area (Å²) in [6, 6.07) is 66.4. The maximum absolute atomic E-state index is 5.19. The maximum Gasteiger partial charge on any atom is 0.124 e. The third-order valence-electron chi connectivity index (χ3n) is 12.3. The zero-order chi connectivity index (χ0) is 38.4. The number of fused-ring (bicyclic) bond motifs is 4. The second-order valence-electron chi connectivity index (χ2n) is 15.7. The van der Waals surface area contributed by atoms with E-state index >= 15 is 0 Å². The Hall–Kier alpha value is -6.62. The molecule has 3 aromatic heterocycles. The molecule has 58 heavy (non-hydrogen) atoms. The molecule has 0 N–H and O–H groups in total. The van der Waals surface area contributed by atoms with Crippen molar-refractivity contribution in [1.29, 1.82) is 0 Å². The number of pyridine rings is 1. The quantitative estimate of drug-likeness (QED) is 0.162. The van der Waals surface area contributed by atoms with E-state index in [0.717, 1.165) is 27.3 Å². The summed E-state index contributed by atoms with van der Waals surface area (Å²) >= 11 is 1.77. The second-order valence-corrected chi connectivity index (χ2v) is 16.7. The summed E-state index contributed by atoms with van der Waals surface area (Å²) in [7, 11) is 0. The van der Waals surface area contributed by atoms with Crippen LogP contribution in [-0.2, 0) is 0 Å². The van der Waals surface area contributed by atoms with Crippen molar-refractivity contribution in [2.45, 2.75) is 37.5 Å². The van der Waals surface area contributed by atoms with Gasteiger partial charge in [-0.15, -0.1) is 11.3 Å². The molecule has 4 heteroatoms. The Kier molecular flexibility index (Phi) is 8.78. The molecule has 0 spiro atoms. The van der Waals surface area contributed by atoms with Crippen LogP contribution in [0.4, 0.5) is 0 Å². The lowest BCUT2D eigenvalue weighted by molar-refractivity contribution is 0.396. The van der Waals surface area contributed by atoms with Gasteiger partial charge in [0.15, 0.2) is 0 Å². The molecular formula is C54H41N3S. The van der Waals surface area contributed by atoms with E-state index in [2.05, 4.69) is 180 Å². The zero-order valence-electron chi connectivity index (χ0n) is 32.1. The van der Waals surface area contributed by atoms with Gasteiger partial charge in [0.2, 0.25) is 0 Å². The highest BCUT2D eigenvalue weighted by Crippen LogP contribution is 2.43. The van der Waals surface area contributed by atoms with E-state index in [1.807, 2.05) is 12.3 Å². The van der Waals surface area contributed by atoms with Crippen molar-refractivity contribution < 1.29 is 0 Å². The van der Waals surface area contributed by atoms with Crippen LogP contribution in [0.25, 0.3) is 81.8 Å². The van der Waals surface area contributed by atoms with Crippen molar-refractivity contribution in [3.63, 3.8) is 0 Å². The SMILES string of the molecule is c1ccc(-c2ccc(-c3ccc4nc(-c5ccc6c7ccccc7n(-c7cc(-c8ccccn8)cc(C8CCC(c9ccccc9)CC8)c7)c6c5)sc4c3)cc2)cc1. The minimum Gasteiger partial charge on any atom is -0.309 e. The highest BCUT2D eigenvalue weighted by atomic mass is 32.1. The predicted molar refractivity (Wildman–Crippen MR) is 244 cm³/mol.